The Balaban J connectivity index is 1.61. The van der Waals surface area contributed by atoms with Crippen molar-refractivity contribution >= 4 is 11.6 Å². The molecule has 2 N–H and O–H groups in total. The van der Waals surface area contributed by atoms with Crippen LogP contribution in [0.2, 0.25) is 0 Å². The van der Waals surface area contributed by atoms with Gasteiger partial charge in [-0.05, 0) is 48.6 Å². The summed E-state index contributed by atoms with van der Waals surface area (Å²) in [5, 5.41) is 12.2. The van der Waals surface area contributed by atoms with Gasteiger partial charge in [-0.1, -0.05) is 30.3 Å². The van der Waals surface area contributed by atoms with E-state index in [0.717, 1.165) is 30.5 Å². The van der Waals surface area contributed by atoms with Crippen LogP contribution in [0.25, 0.3) is 0 Å². The minimum absolute atomic E-state index is 0.0247. The van der Waals surface area contributed by atoms with Crippen LogP contribution >= 0.6 is 0 Å². The SMILES string of the molecule is O=C1Nc2ccccc2C1CCCc1ccc(O)cc1. The molecule has 0 fully saturated rings. The minimum Gasteiger partial charge on any atom is -0.508 e. The number of para-hydroxylation sites is 1. The van der Waals surface area contributed by atoms with Gasteiger partial charge in [0, 0.05) is 5.69 Å². The van der Waals surface area contributed by atoms with Crippen molar-refractivity contribution in [3.8, 4) is 5.75 Å². The van der Waals surface area contributed by atoms with E-state index in [-0.39, 0.29) is 17.6 Å². The Bertz CT molecular complexity index is 619. The van der Waals surface area contributed by atoms with Crippen LogP contribution in [0.4, 0.5) is 5.69 Å². The van der Waals surface area contributed by atoms with Crippen LogP contribution in [0.5, 0.6) is 5.75 Å². The second-order valence-electron chi connectivity index (χ2n) is 5.19. The van der Waals surface area contributed by atoms with Crippen molar-refractivity contribution in [1.82, 2.24) is 0 Å². The molecule has 1 unspecified atom stereocenters. The Hall–Kier alpha value is -2.29. The topological polar surface area (TPSA) is 49.3 Å². The number of phenols is 1. The van der Waals surface area contributed by atoms with Crippen LogP contribution in [-0.2, 0) is 11.2 Å². The summed E-state index contributed by atoms with van der Waals surface area (Å²) < 4.78 is 0. The number of anilines is 1. The van der Waals surface area contributed by atoms with Gasteiger partial charge in [0.15, 0.2) is 0 Å². The molecule has 2 aromatic rings. The Morgan fingerprint density at radius 1 is 1.05 bits per heavy atom. The lowest BCUT2D eigenvalue weighted by molar-refractivity contribution is -0.117. The summed E-state index contributed by atoms with van der Waals surface area (Å²) in [6.45, 7) is 0. The van der Waals surface area contributed by atoms with Crippen molar-refractivity contribution in [2.45, 2.75) is 25.2 Å². The first kappa shape index (κ1) is 12.7. The lowest BCUT2D eigenvalue weighted by atomic mass is 9.94. The second kappa shape index (κ2) is 5.37. The predicted molar refractivity (Wildman–Crippen MR) is 78.9 cm³/mol. The predicted octanol–water partition coefficient (Wildman–Crippen LogP) is 3.45. The lowest BCUT2D eigenvalue weighted by Crippen LogP contribution is -2.12. The van der Waals surface area contributed by atoms with Crippen molar-refractivity contribution in [3.05, 3.63) is 59.7 Å². The molecule has 0 bridgehead atoms. The molecule has 0 saturated carbocycles. The first-order valence-electron chi connectivity index (χ1n) is 6.92. The van der Waals surface area contributed by atoms with E-state index in [1.807, 2.05) is 36.4 Å². The van der Waals surface area contributed by atoms with Gasteiger partial charge >= 0.3 is 0 Å². The van der Waals surface area contributed by atoms with Crippen LogP contribution in [0.15, 0.2) is 48.5 Å². The van der Waals surface area contributed by atoms with Gasteiger partial charge in [0.2, 0.25) is 5.91 Å². The highest BCUT2D eigenvalue weighted by atomic mass is 16.3. The molecule has 2 aromatic carbocycles. The molecule has 1 heterocycles. The summed E-state index contributed by atoms with van der Waals surface area (Å²) in [4.78, 5) is 12.0. The van der Waals surface area contributed by atoms with E-state index in [1.54, 1.807) is 12.1 Å². The molecule has 0 saturated heterocycles. The molecular formula is C17H17NO2. The second-order valence-corrected chi connectivity index (χ2v) is 5.19. The maximum atomic E-state index is 12.0. The third-order valence-electron chi connectivity index (χ3n) is 3.81. The molecule has 102 valence electrons. The van der Waals surface area contributed by atoms with Gasteiger partial charge in [0.05, 0.1) is 5.92 Å². The van der Waals surface area contributed by atoms with Gasteiger partial charge in [0.25, 0.3) is 0 Å². The summed E-state index contributed by atoms with van der Waals surface area (Å²) in [5.41, 5.74) is 3.25. The monoisotopic (exact) mass is 267 g/mol. The molecule has 3 heteroatoms. The zero-order valence-electron chi connectivity index (χ0n) is 11.2. The van der Waals surface area contributed by atoms with Gasteiger partial charge in [-0.15, -0.1) is 0 Å². The van der Waals surface area contributed by atoms with Gasteiger partial charge < -0.3 is 10.4 Å². The first-order valence-corrected chi connectivity index (χ1v) is 6.92. The number of hydrogen-bond donors (Lipinski definition) is 2. The first-order chi connectivity index (χ1) is 9.74. The highest BCUT2D eigenvalue weighted by molar-refractivity contribution is 6.02. The fourth-order valence-electron chi connectivity index (χ4n) is 2.74. The van der Waals surface area contributed by atoms with E-state index in [0.29, 0.717) is 0 Å². The molecular weight excluding hydrogens is 250 g/mol. The number of rotatable bonds is 4. The molecule has 1 amide bonds. The number of aryl methyl sites for hydroxylation is 1. The Kier molecular flexibility index (Phi) is 3.42. The smallest absolute Gasteiger partial charge is 0.232 e. The van der Waals surface area contributed by atoms with Crippen molar-refractivity contribution in [2.75, 3.05) is 5.32 Å². The van der Waals surface area contributed by atoms with E-state index in [9.17, 15) is 9.90 Å². The number of nitrogens with one attached hydrogen (secondary N) is 1. The summed E-state index contributed by atoms with van der Waals surface area (Å²) in [6, 6.07) is 15.2. The quantitative estimate of drug-likeness (QED) is 0.891. The van der Waals surface area contributed by atoms with Crippen LogP contribution in [0.3, 0.4) is 0 Å². The number of hydrogen-bond acceptors (Lipinski definition) is 2. The maximum Gasteiger partial charge on any atom is 0.232 e. The van der Waals surface area contributed by atoms with Crippen LogP contribution in [0.1, 0.15) is 29.9 Å². The number of carbonyl (C=O) groups excluding carboxylic acids is 1. The molecule has 3 nitrogen and oxygen atoms in total. The van der Waals surface area contributed by atoms with E-state index in [4.69, 9.17) is 0 Å². The van der Waals surface area contributed by atoms with Gasteiger partial charge in [-0.25, -0.2) is 0 Å². The fourth-order valence-corrected chi connectivity index (χ4v) is 2.74. The van der Waals surface area contributed by atoms with Crippen molar-refractivity contribution in [2.24, 2.45) is 0 Å². The third-order valence-corrected chi connectivity index (χ3v) is 3.81. The highest BCUT2D eigenvalue weighted by Gasteiger charge is 2.29. The Labute approximate surface area is 118 Å². The largest absolute Gasteiger partial charge is 0.508 e. The van der Waals surface area contributed by atoms with E-state index in [1.165, 1.54) is 5.56 Å². The number of phenolic OH excluding ortho intramolecular Hbond substituents is 1. The summed E-state index contributed by atoms with van der Waals surface area (Å²) in [7, 11) is 0. The number of fused-ring (bicyclic) bond motifs is 1. The highest BCUT2D eigenvalue weighted by Crippen LogP contribution is 2.35. The van der Waals surface area contributed by atoms with Gasteiger partial charge in [-0.2, -0.15) is 0 Å². The molecule has 0 aliphatic carbocycles. The van der Waals surface area contributed by atoms with Crippen molar-refractivity contribution in [3.63, 3.8) is 0 Å². The van der Waals surface area contributed by atoms with Crippen LogP contribution < -0.4 is 5.32 Å². The maximum absolute atomic E-state index is 12.0. The standard InChI is InChI=1S/C17H17NO2/c19-13-10-8-12(9-11-13)4-3-6-15-14-5-1-2-7-16(14)18-17(15)20/h1-2,5,7-11,15,19H,3-4,6H2,(H,18,20). The number of carbonyl (C=O) groups is 1. The number of aromatic hydroxyl groups is 1. The van der Waals surface area contributed by atoms with Crippen LogP contribution in [-0.4, -0.2) is 11.0 Å². The molecule has 1 aliphatic rings. The van der Waals surface area contributed by atoms with E-state index < -0.39 is 0 Å². The number of amides is 1. The molecule has 0 radical (unpaired) electrons. The molecule has 20 heavy (non-hydrogen) atoms. The number of benzene rings is 2. The normalized spacial score (nSPS) is 16.8. The van der Waals surface area contributed by atoms with E-state index in [2.05, 4.69) is 5.32 Å². The zero-order chi connectivity index (χ0) is 13.9. The summed E-state index contributed by atoms with van der Waals surface area (Å²) >= 11 is 0. The summed E-state index contributed by atoms with van der Waals surface area (Å²) in [5.74, 6) is 0.373. The third kappa shape index (κ3) is 2.52. The molecule has 0 spiro atoms. The average molecular weight is 267 g/mol. The summed E-state index contributed by atoms with van der Waals surface area (Å²) in [6.07, 6.45) is 2.73. The molecule has 3 rings (SSSR count). The fraction of sp³-hybridized carbons (Fsp3) is 0.235. The lowest BCUT2D eigenvalue weighted by Gasteiger charge is -2.08. The zero-order valence-corrected chi connectivity index (χ0v) is 11.2. The van der Waals surface area contributed by atoms with Gasteiger partial charge in [-0.3, -0.25) is 4.79 Å². The molecule has 1 aliphatic heterocycles. The van der Waals surface area contributed by atoms with Crippen molar-refractivity contribution < 1.29 is 9.90 Å². The van der Waals surface area contributed by atoms with Gasteiger partial charge in [0.1, 0.15) is 5.75 Å². The Morgan fingerprint density at radius 2 is 1.80 bits per heavy atom. The van der Waals surface area contributed by atoms with Crippen LogP contribution in [0, 0.1) is 0 Å². The molecule has 0 aromatic heterocycles. The van der Waals surface area contributed by atoms with Crippen molar-refractivity contribution in [1.29, 1.82) is 0 Å². The Morgan fingerprint density at radius 3 is 2.60 bits per heavy atom. The van der Waals surface area contributed by atoms with E-state index >= 15 is 0 Å². The minimum atomic E-state index is -0.0247. The average Bonchev–Trinajstić information content (AvgIpc) is 2.77. The molecule has 1 atom stereocenters.